The fourth-order valence-corrected chi connectivity index (χ4v) is 7.59. The molecule has 3 saturated carbocycles. The van der Waals surface area contributed by atoms with Crippen molar-refractivity contribution in [1.29, 1.82) is 0 Å². The van der Waals surface area contributed by atoms with Crippen LogP contribution in [0.2, 0.25) is 0 Å². The summed E-state index contributed by atoms with van der Waals surface area (Å²) in [5.74, 6) is 0.252. The van der Waals surface area contributed by atoms with E-state index >= 15 is 0 Å². The lowest BCUT2D eigenvalue weighted by atomic mass is 9.45. The zero-order valence-corrected chi connectivity index (χ0v) is 18.1. The minimum Gasteiger partial charge on any atom is -0.461 e. The van der Waals surface area contributed by atoms with E-state index in [1.165, 1.54) is 5.57 Å². The second-order valence-electron chi connectivity index (χ2n) is 10.1. The van der Waals surface area contributed by atoms with Crippen LogP contribution in [-0.4, -0.2) is 18.4 Å². The quantitative estimate of drug-likeness (QED) is 0.529. The number of esters is 1. The lowest BCUT2D eigenvalue weighted by Crippen LogP contribution is -2.53. The van der Waals surface area contributed by atoms with Crippen molar-refractivity contribution in [3.8, 4) is 0 Å². The molecule has 0 heterocycles. The largest absolute Gasteiger partial charge is 0.461 e. The number of fused-ring (bicyclic) bond motifs is 5. The Labute approximate surface area is 173 Å². The van der Waals surface area contributed by atoms with Crippen LogP contribution in [0, 0.1) is 34.5 Å². The van der Waals surface area contributed by atoms with E-state index in [2.05, 4.69) is 20.8 Å². The van der Waals surface area contributed by atoms with Crippen LogP contribution in [0.1, 0.15) is 72.6 Å². The molecule has 4 aliphatic rings. The molecular weight excluding hydrogens is 369 g/mol. The van der Waals surface area contributed by atoms with E-state index in [-0.39, 0.29) is 29.1 Å². The van der Waals surface area contributed by atoms with Gasteiger partial charge in [0.05, 0.1) is 12.3 Å². The van der Waals surface area contributed by atoms with Crippen LogP contribution < -0.4 is 5.73 Å². The van der Waals surface area contributed by atoms with Crippen molar-refractivity contribution < 1.29 is 18.7 Å². The highest BCUT2D eigenvalue weighted by atomic mass is 19.1. The van der Waals surface area contributed by atoms with E-state index in [1.807, 2.05) is 0 Å². The van der Waals surface area contributed by atoms with Gasteiger partial charge in [0.15, 0.2) is 5.78 Å². The predicted molar refractivity (Wildman–Crippen MR) is 109 cm³/mol. The van der Waals surface area contributed by atoms with Crippen molar-refractivity contribution in [2.75, 3.05) is 6.61 Å². The van der Waals surface area contributed by atoms with Gasteiger partial charge in [-0.15, -0.1) is 0 Å². The summed E-state index contributed by atoms with van der Waals surface area (Å²) in [6.07, 6.45) is 5.84. The van der Waals surface area contributed by atoms with Crippen molar-refractivity contribution in [3.05, 3.63) is 22.7 Å². The highest BCUT2D eigenvalue weighted by molar-refractivity contribution is 5.96. The summed E-state index contributed by atoms with van der Waals surface area (Å²) in [6, 6.07) is 0. The first-order valence-electron chi connectivity index (χ1n) is 11.2. The molecule has 0 unspecified atom stereocenters. The van der Waals surface area contributed by atoms with Crippen molar-refractivity contribution >= 4 is 11.8 Å². The lowest BCUT2D eigenvalue weighted by Gasteiger charge is -2.59. The third-order valence-electron chi connectivity index (χ3n) is 9.23. The number of allylic oxidation sites excluding steroid dienone is 2. The highest BCUT2D eigenvalue weighted by Crippen LogP contribution is 2.68. The van der Waals surface area contributed by atoms with Gasteiger partial charge < -0.3 is 10.5 Å². The van der Waals surface area contributed by atoms with Crippen molar-refractivity contribution in [3.63, 3.8) is 0 Å². The van der Waals surface area contributed by atoms with Crippen LogP contribution in [0.5, 0.6) is 0 Å². The molecule has 5 heteroatoms. The molecule has 0 aromatic heterocycles. The molecular formula is C24H34FNO3. The Morgan fingerprint density at radius 3 is 2.62 bits per heavy atom. The Morgan fingerprint density at radius 1 is 1.21 bits per heavy atom. The van der Waals surface area contributed by atoms with Gasteiger partial charge in [0.25, 0.3) is 0 Å². The van der Waals surface area contributed by atoms with Crippen molar-refractivity contribution in [2.24, 2.45) is 40.2 Å². The molecule has 160 valence electrons. The van der Waals surface area contributed by atoms with E-state index < -0.39 is 11.8 Å². The Balaban J connectivity index is 1.70. The van der Waals surface area contributed by atoms with E-state index in [9.17, 15) is 14.0 Å². The molecule has 0 bridgehead atoms. The molecule has 0 aromatic carbocycles. The predicted octanol–water partition coefficient (Wildman–Crippen LogP) is 4.84. The zero-order valence-electron chi connectivity index (χ0n) is 18.1. The average Bonchev–Trinajstić information content (AvgIpc) is 3.03. The first kappa shape index (κ1) is 20.6. The zero-order chi connectivity index (χ0) is 21.1. The molecule has 4 nitrogen and oxygen atoms in total. The molecule has 0 aromatic rings. The number of hydrogen-bond donors (Lipinski definition) is 1. The first-order chi connectivity index (χ1) is 13.7. The number of nitrogens with two attached hydrogens (primary N) is 1. The third kappa shape index (κ3) is 2.75. The van der Waals surface area contributed by atoms with E-state index in [4.69, 9.17) is 10.5 Å². The van der Waals surface area contributed by atoms with E-state index in [1.54, 1.807) is 6.92 Å². The number of carbonyl (C=O) groups is 2. The summed E-state index contributed by atoms with van der Waals surface area (Å²) in [5.41, 5.74) is 8.33. The normalized spacial score (nSPS) is 43.4. The van der Waals surface area contributed by atoms with Gasteiger partial charge in [0, 0.05) is 6.42 Å². The summed E-state index contributed by atoms with van der Waals surface area (Å²) in [6.45, 7) is 8.56. The fourth-order valence-electron chi connectivity index (χ4n) is 7.59. The molecule has 3 fully saturated rings. The summed E-state index contributed by atoms with van der Waals surface area (Å²) >= 11 is 0. The second-order valence-corrected chi connectivity index (χ2v) is 10.1. The standard InChI is InChI=1S/C24H34FNO3/c1-5-29-22(28)20(25)17-9-8-15-14-6-7-18-21(26)19(27)12-13(2)24(18,4)16(14)10-11-23(15,17)3/h13-16H,5-12,26H2,1-4H3/t13-,14-,15-,16-,23-,24+/m0/s1. The summed E-state index contributed by atoms with van der Waals surface area (Å²) < 4.78 is 19.9. The Bertz CT molecular complexity index is 815. The van der Waals surface area contributed by atoms with Crippen molar-refractivity contribution in [2.45, 2.75) is 72.6 Å². The Kier molecular flexibility index (Phi) is 4.94. The molecule has 0 aliphatic heterocycles. The van der Waals surface area contributed by atoms with Gasteiger partial charge in [-0.05, 0) is 91.1 Å². The molecule has 29 heavy (non-hydrogen) atoms. The number of halogens is 1. The average molecular weight is 404 g/mol. The summed E-state index contributed by atoms with van der Waals surface area (Å²) in [7, 11) is 0. The third-order valence-corrected chi connectivity index (χ3v) is 9.23. The molecule has 4 rings (SSSR count). The minimum absolute atomic E-state index is 0.0472. The number of ketones is 1. The first-order valence-corrected chi connectivity index (χ1v) is 11.2. The molecule has 6 atom stereocenters. The minimum atomic E-state index is -0.806. The molecule has 2 N–H and O–H groups in total. The fraction of sp³-hybridized carbons (Fsp3) is 0.750. The summed E-state index contributed by atoms with van der Waals surface area (Å²) in [4.78, 5) is 24.4. The van der Waals surface area contributed by atoms with Gasteiger partial charge in [-0.25, -0.2) is 4.79 Å². The number of Topliss-reactive ketones (excluding diaryl/α,β-unsaturated/α-hetero) is 1. The van der Waals surface area contributed by atoms with Gasteiger partial charge in [-0.2, -0.15) is 4.39 Å². The molecule has 0 spiro atoms. The monoisotopic (exact) mass is 403 g/mol. The molecule has 0 saturated heterocycles. The van der Waals surface area contributed by atoms with Crippen LogP contribution >= 0.6 is 0 Å². The number of rotatable bonds is 2. The molecule has 4 aliphatic carbocycles. The smallest absolute Gasteiger partial charge is 0.367 e. The van der Waals surface area contributed by atoms with Crippen LogP contribution in [0.3, 0.4) is 0 Å². The van der Waals surface area contributed by atoms with Gasteiger partial charge >= 0.3 is 5.97 Å². The number of carbonyl (C=O) groups excluding carboxylic acids is 2. The topological polar surface area (TPSA) is 69.4 Å². The second kappa shape index (κ2) is 6.95. The van der Waals surface area contributed by atoms with Gasteiger partial charge in [0.1, 0.15) is 0 Å². The van der Waals surface area contributed by atoms with E-state index in [0.29, 0.717) is 41.9 Å². The number of hydrogen-bond acceptors (Lipinski definition) is 4. The van der Waals surface area contributed by atoms with Gasteiger partial charge in [0.2, 0.25) is 5.83 Å². The van der Waals surface area contributed by atoms with Crippen LogP contribution in [0.25, 0.3) is 0 Å². The molecule has 0 radical (unpaired) electrons. The molecule has 0 amide bonds. The highest BCUT2D eigenvalue weighted by Gasteiger charge is 2.60. The maximum atomic E-state index is 15.0. The number of ether oxygens (including phenoxy) is 1. The van der Waals surface area contributed by atoms with E-state index in [0.717, 1.165) is 32.1 Å². The SMILES string of the molecule is CCOC(=O)C(F)=C1CC[C@H]2[C@@H]3CCC4=C(N)C(=O)C[C@H](C)[C@]4(C)[C@H]3CC[C@]12C. The van der Waals surface area contributed by atoms with Crippen LogP contribution in [-0.2, 0) is 14.3 Å². The summed E-state index contributed by atoms with van der Waals surface area (Å²) in [5, 5.41) is 0. The van der Waals surface area contributed by atoms with Gasteiger partial charge in [-0.1, -0.05) is 20.8 Å². The van der Waals surface area contributed by atoms with Gasteiger partial charge in [-0.3, -0.25) is 4.79 Å². The maximum absolute atomic E-state index is 15.0. The Hall–Kier alpha value is -1.65. The van der Waals surface area contributed by atoms with Crippen molar-refractivity contribution in [1.82, 2.24) is 0 Å². The van der Waals surface area contributed by atoms with Crippen LogP contribution in [0.15, 0.2) is 22.7 Å². The maximum Gasteiger partial charge on any atom is 0.367 e. The lowest BCUT2D eigenvalue weighted by molar-refractivity contribution is -0.140. The van der Waals surface area contributed by atoms with Crippen LogP contribution in [0.4, 0.5) is 4.39 Å². The Morgan fingerprint density at radius 2 is 1.93 bits per heavy atom.